The van der Waals surface area contributed by atoms with Gasteiger partial charge in [0, 0.05) is 28.2 Å². The van der Waals surface area contributed by atoms with Crippen LogP contribution in [0.3, 0.4) is 0 Å². The van der Waals surface area contributed by atoms with Crippen LogP contribution in [0.5, 0.6) is 0 Å². The minimum Gasteiger partial charge on any atom is -0.293 e. The van der Waals surface area contributed by atoms with Gasteiger partial charge in [-0.1, -0.05) is 6.92 Å². The first kappa shape index (κ1) is 17.6. The first-order chi connectivity index (χ1) is 12.4. The lowest BCUT2D eigenvalue weighted by Gasteiger charge is -2.05. The van der Waals surface area contributed by atoms with Crippen molar-refractivity contribution >= 4 is 45.6 Å². The molecule has 10 heteroatoms. The molecule has 0 spiro atoms. The summed E-state index contributed by atoms with van der Waals surface area (Å²) in [5, 5.41) is 5.18. The van der Waals surface area contributed by atoms with Crippen LogP contribution in [0.2, 0.25) is 0 Å². The summed E-state index contributed by atoms with van der Waals surface area (Å²) < 4.78 is 42.8. The van der Waals surface area contributed by atoms with Gasteiger partial charge in [0.05, 0.1) is 5.56 Å². The fourth-order valence-electron chi connectivity index (χ4n) is 2.58. The molecule has 0 atom stereocenters. The molecule has 0 amide bonds. The highest BCUT2D eigenvalue weighted by Crippen LogP contribution is 2.33. The number of thioether (sulfide) groups is 1. The maximum absolute atomic E-state index is 12.9. The Morgan fingerprint density at radius 1 is 1.19 bits per heavy atom. The number of halogens is 4. The highest BCUT2D eigenvalue weighted by molar-refractivity contribution is 14.1. The van der Waals surface area contributed by atoms with Crippen LogP contribution in [0.4, 0.5) is 13.2 Å². The van der Waals surface area contributed by atoms with Gasteiger partial charge in [-0.2, -0.15) is 18.3 Å². The summed E-state index contributed by atoms with van der Waals surface area (Å²) in [4.78, 5) is 8.50. The van der Waals surface area contributed by atoms with Crippen LogP contribution in [0, 0.1) is 3.57 Å². The summed E-state index contributed by atoms with van der Waals surface area (Å²) in [5.74, 6) is 0.829. The SMILES string of the molecule is CCSc1c(-c2cc3ncc(C(F)(F)F)cn3n2)nc2ccc(I)cn12. The largest absolute Gasteiger partial charge is 0.419 e. The molecule has 0 aliphatic carbocycles. The van der Waals surface area contributed by atoms with Crippen molar-refractivity contribution in [3.63, 3.8) is 0 Å². The number of hydrogen-bond donors (Lipinski definition) is 0. The van der Waals surface area contributed by atoms with Crippen LogP contribution < -0.4 is 0 Å². The molecule has 4 heterocycles. The average molecular weight is 489 g/mol. The molecule has 4 aromatic rings. The Morgan fingerprint density at radius 2 is 2.00 bits per heavy atom. The number of nitrogens with zero attached hydrogens (tertiary/aromatic N) is 5. The number of aromatic nitrogens is 5. The Balaban J connectivity index is 1.90. The van der Waals surface area contributed by atoms with E-state index in [9.17, 15) is 13.2 Å². The lowest BCUT2D eigenvalue weighted by Crippen LogP contribution is -2.07. The number of imidazole rings is 1. The standard InChI is InChI=1S/C16H11F3IN5S/c1-2-26-15-14(22-12-4-3-10(20)8-24(12)15)11-5-13-21-6-9(16(17,18)19)7-25(13)23-11/h3-8H,2H2,1H3. The van der Waals surface area contributed by atoms with Crippen molar-refractivity contribution in [3.05, 3.63) is 45.9 Å². The summed E-state index contributed by atoms with van der Waals surface area (Å²) in [6.45, 7) is 2.03. The Hall–Kier alpha value is -1.82. The molecule has 0 radical (unpaired) electrons. The Labute approximate surface area is 163 Å². The molecule has 0 fully saturated rings. The summed E-state index contributed by atoms with van der Waals surface area (Å²) in [6.07, 6.45) is -0.734. The van der Waals surface area contributed by atoms with E-state index in [1.165, 1.54) is 0 Å². The third kappa shape index (κ3) is 3.04. The van der Waals surface area contributed by atoms with E-state index in [-0.39, 0.29) is 0 Å². The third-order valence-corrected chi connectivity index (χ3v) is 5.29. The second kappa shape index (κ2) is 6.41. The zero-order chi connectivity index (χ0) is 18.5. The van der Waals surface area contributed by atoms with Gasteiger partial charge in [0.1, 0.15) is 22.1 Å². The van der Waals surface area contributed by atoms with Crippen LogP contribution >= 0.6 is 34.4 Å². The molecule has 0 aliphatic rings. The van der Waals surface area contributed by atoms with Crippen molar-refractivity contribution in [2.45, 2.75) is 18.1 Å². The number of pyridine rings is 1. The van der Waals surface area contributed by atoms with E-state index >= 15 is 0 Å². The van der Waals surface area contributed by atoms with Gasteiger partial charge in [0.25, 0.3) is 0 Å². The van der Waals surface area contributed by atoms with Gasteiger partial charge in [0.2, 0.25) is 0 Å². The Kier molecular flexibility index (Phi) is 4.34. The predicted molar refractivity (Wildman–Crippen MR) is 101 cm³/mol. The molecule has 0 bridgehead atoms. The first-order valence-electron chi connectivity index (χ1n) is 7.60. The van der Waals surface area contributed by atoms with E-state index in [0.29, 0.717) is 17.0 Å². The van der Waals surface area contributed by atoms with Gasteiger partial charge in [0.15, 0.2) is 5.65 Å². The van der Waals surface area contributed by atoms with Crippen LogP contribution in [0.25, 0.3) is 22.7 Å². The van der Waals surface area contributed by atoms with E-state index in [2.05, 4.69) is 37.7 Å². The molecule has 26 heavy (non-hydrogen) atoms. The quantitative estimate of drug-likeness (QED) is 0.307. The highest BCUT2D eigenvalue weighted by Gasteiger charge is 2.31. The minimum absolute atomic E-state index is 0.340. The molecule has 0 aromatic carbocycles. The summed E-state index contributed by atoms with van der Waals surface area (Å²) in [7, 11) is 0. The number of rotatable bonds is 3. The topological polar surface area (TPSA) is 47.5 Å². The van der Waals surface area contributed by atoms with Crippen LogP contribution in [0.15, 0.2) is 41.8 Å². The molecule has 4 aromatic heterocycles. The molecular formula is C16H11F3IN5S. The van der Waals surface area contributed by atoms with Gasteiger partial charge in [-0.15, -0.1) is 11.8 Å². The fourth-order valence-corrected chi connectivity index (χ4v) is 3.88. The maximum atomic E-state index is 12.9. The monoisotopic (exact) mass is 489 g/mol. The van der Waals surface area contributed by atoms with Crippen molar-refractivity contribution in [2.24, 2.45) is 0 Å². The normalized spacial score (nSPS) is 12.3. The van der Waals surface area contributed by atoms with Crippen LogP contribution in [0.1, 0.15) is 12.5 Å². The van der Waals surface area contributed by atoms with Gasteiger partial charge < -0.3 is 0 Å². The lowest BCUT2D eigenvalue weighted by atomic mass is 10.3. The van der Waals surface area contributed by atoms with Gasteiger partial charge >= 0.3 is 6.18 Å². The second-order valence-electron chi connectivity index (χ2n) is 5.45. The van der Waals surface area contributed by atoms with Crippen molar-refractivity contribution < 1.29 is 13.2 Å². The molecule has 0 saturated heterocycles. The summed E-state index contributed by atoms with van der Waals surface area (Å²) in [5.41, 5.74) is 1.39. The smallest absolute Gasteiger partial charge is 0.293 e. The van der Waals surface area contributed by atoms with Crippen molar-refractivity contribution in [3.8, 4) is 11.4 Å². The summed E-state index contributed by atoms with van der Waals surface area (Å²) in [6, 6.07) is 5.50. The number of fused-ring (bicyclic) bond motifs is 2. The molecule has 0 aliphatic heterocycles. The van der Waals surface area contributed by atoms with Crippen molar-refractivity contribution in [2.75, 3.05) is 5.75 Å². The van der Waals surface area contributed by atoms with Gasteiger partial charge in [-0.3, -0.25) is 4.40 Å². The molecule has 0 saturated carbocycles. The molecule has 0 unspecified atom stereocenters. The molecule has 134 valence electrons. The zero-order valence-corrected chi connectivity index (χ0v) is 16.3. The van der Waals surface area contributed by atoms with E-state index in [1.54, 1.807) is 17.8 Å². The second-order valence-corrected chi connectivity index (χ2v) is 7.95. The molecule has 5 nitrogen and oxygen atoms in total. The van der Waals surface area contributed by atoms with Gasteiger partial charge in [-0.05, 0) is 40.5 Å². The average Bonchev–Trinajstić information content (AvgIpc) is 3.15. The Morgan fingerprint density at radius 3 is 2.73 bits per heavy atom. The van der Waals surface area contributed by atoms with Crippen molar-refractivity contribution in [1.82, 2.24) is 24.0 Å². The van der Waals surface area contributed by atoms with E-state index in [0.717, 1.165) is 36.9 Å². The van der Waals surface area contributed by atoms with E-state index in [4.69, 9.17) is 0 Å². The Bertz CT molecular complexity index is 1120. The van der Waals surface area contributed by atoms with Crippen LogP contribution in [-0.4, -0.2) is 29.7 Å². The predicted octanol–water partition coefficient (Wildman–Crippen LogP) is 4.78. The number of alkyl halides is 3. The van der Waals surface area contributed by atoms with E-state index in [1.807, 2.05) is 29.7 Å². The van der Waals surface area contributed by atoms with Crippen molar-refractivity contribution in [1.29, 1.82) is 0 Å². The zero-order valence-electron chi connectivity index (χ0n) is 13.3. The van der Waals surface area contributed by atoms with Crippen LogP contribution in [-0.2, 0) is 6.18 Å². The minimum atomic E-state index is -4.46. The third-order valence-electron chi connectivity index (χ3n) is 3.70. The molecule has 4 rings (SSSR count). The lowest BCUT2D eigenvalue weighted by molar-refractivity contribution is -0.138. The molecular weight excluding hydrogens is 478 g/mol. The maximum Gasteiger partial charge on any atom is 0.419 e. The first-order valence-corrected chi connectivity index (χ1v) is 9.66. The summed E-state index contributed by atoms with van der Waals surface area (Å²) >= 11 is 3.83. The van der Waals surface area contributed by atoms with Gasteiger partial charge in [-0.25, -0.2) is 14.5 Å². The number of hydrogen-bond acceptors (Lipinski definition) is 4. The highest BCUT2D eigenvalue weighted by atomic mass is 127. The molecule has 0 N–H and O–H groups in total. The fraction of sp³-hybridized carbons (Fsp3) is 0.188. The van der Waals surface area contributed by atoms with E-state index < -0.39 is 11.7 Å².